The largest absolute Gasteiger partial charge is 0.480 e. The van der Waals surface area contributed by atoms with E-state index in [0.717, 1.165) is 0 Å². The standard InChI is InChI=1S/C17H33N3O4/c1-7-11(6)14(20-15(21)12(18)8-9(2)3)16(22)19-13(10(4)5)17(23)24/h9-14H,7-8,18H2,1-6H3,(H,19,22)(H,20,21)(H,23,24). The number of hydrogen-bond acceptors (Lipinski definition) is 4. The van der Waals surface area contributed by atoms with Gasteiger partial charge in [0.2, 0.25) is 11.8 Å². The summed E-state index contributed by atoms with van der Waals surface area (Å²) in [4.78, 5) is 36.0. The lowest BCUT2D eigenvalue weighted by Gasteiger charge is -2.27. The first-order valence-electron chi connectivity index (χ1n) is 8.60. The normalized spacial score (nSPS) is 16.4. The SMILES string of the molecule is CCC(C)C(NC(=O)C(N)CC(C)C)C(=O)NC(C(=O)O)C(C)C. The van der Waals surface area contributed by atoms with Gasteiger partial charge in [0.1, 0.15) is 12.1 Å². The highest BCUT2D eigenvalue weighted by Crippen LogP contribution is 2.11. The molecule has 0 aliphatic heterocycles. The number of carboxylic acids is 1. The summed E-state index contributed by atoms with van der Waals surface area (Å²) >= 11 is 0. The molecule has 0 spiro atoms. The fraction of sp³-hybridized carbons (Fsp3) is 0.824. The van der Waals surface area contributed by atoms with Gasteiger partial charge in [-0.05, 0) is 24.2 Å². The molecule has 24 heavy (non-hydrogen) atoms. The van der Waals surface area contributed by atoms with Crippen molar-refractivity contribution >= 4 is 17.8 Å². The molecular weight excluding hydrogens is 310 g/mol. The summed E-state index contributed by atoms with van der Waals surface area (Å²) in [5, 5.41) is 14.4. The minimum Gasteiger partial charge on any atom is -0.480 e. The molecule has 0 aromatic heterocycles. The van der Waals surface area contributed by atoms with Gasteiger partial charge in [0.15, 0.2) is 0 Å². The third-order valence-electron chi connectivity index (χ3n) is 4.09. The third-order valence-corrected chi connectivity index (χ3v) is 4.09. The molecule has 0 radical (unpaired) electrons. The van der Waals surface area contributed by atoms with E-state index in [2.05, 4.69) is 10.6 Å². The van der Waals surface area contributed by atoms with Crippen molar-refractivity contribution in [2.24, 2.45) is 23.5 Å². The van der Waals surface area contributed by atoms with E-state index in [1.165, 1.54) is 0 Å². The molecule has 0 saturated heterocycles. The zero-order valence-electron chi connectivity index (χ0n) is 15.6. The molecule has 0 aromatic rings. The first-order valence-corrected chi connectivity index (χ1v) is 8.60. The Balaban J connectivity index is 5.09. The predicted molar refractivity (Wildman–Crippen MR) is 93.2 cm³/mol. The number of rotatable bonds is 10. The lowest BCUT2D eigenvalue weighted by molar-refractivity contribution is -0.143. The highest BCUT2D eigenvalue weighted by Gasteiger charge is 2.32. The van der Waals surface area contributed by atoms with Crippen LogP contribution in [-0.2, 0) is 14.4 Å². The summed E-state index contributed by atoms with van der Waals surface area (Å²) in [6.45, 7) is 11.1. The van der Waals surface area contributed by atoms with Crippen molar-refractivity contribution in [1.29, 1.82) is 0 Å². The van der Waals surface area contributed by atoms with E-state index in [-0.39, 0.29) is 23.7 Å². The molecule has 4 atom stereocenters. The maximum Gasteiger partial charge on any atom is 0.326 e. The Kier molecular flexibility index (Phi) is 9.58. The first-order chi connectivity index (χ1) is 11.0. The van der Waals surface area contributed by atoms with Crippen LogP contribution in [0.25, 0.3) is 0 Å². The second-order valence-electron chi connectivity index (χ2n) is 7.18. The fourth-order valence-electron chi connectivity index (χ4n) is 2.33. The number of carboxylic acid groups (broad SMARTS) is 1. The van der Waals surface area contributed by atoms with Crippen molar-refractivity contribution in [3.05, 3.63) is 0 Å². The van der Waals surface area contributed by atoms with Crippen LogP contribution < -0.4 is 16.4 Å². The van der Waals surface area contributed by atoms with Crippen LogP contribution in [0.5, 0.6) is 0 Å². The molecule has 0 aliphatic rings. The Morgan fingerprint density at radius 3 is 1.83 bits per heavy atom. The van der Waals surface area contributed by atoms with E-state index >= 15 is 0 Å². The van der Waals surface area contributed by atoms with Crippen LogP contribution >= 0.6 is 0 Å². The Hall–Kier alpha value is -1.63. The van der Waals surface area contributed by atoms with Crippen LogP contribution in [0.4, 0.5) is 0 Å². The van der Waals surface area contributed by atoms with Gasteiger partial charge in [-0.2, -0.15) is 0 Å². The second-order valence-corrected chi connectivity index (χ2v) is 7.18. The summed E-state index contributed by atoms with van der Waals surface area (Å²) in [7, 11) is 0. The van der Waals surface area contributed by atoms with Crippen molar-refractivity contribution in [2.75, 3.05) is 0 Å². The van der Waals surface area contributed by atoms with Crippen LogP contribution in [-0.4, -0.2) is 41.0 Å². The molecular formula is C17H33N3O4. The van der Waals surface area contributed by atoms with Gasteiger partial charge in [0.25, 0.3) is 0 Å². The van der Waals surface area contributed by atoms with E-state index in [0.29, 0.717) is 12.8 Å². The Bertz CT molecular complexity index is 438. The Morgan fingerprint density at radius 2 is 1.46 bits per heavy atom. The average Bonchev–Trinajstić information content (AvgIpc) is 2.47. The minimum absolute atomic E-state index is 0.137. The summed E-state index contributed by atoms with van der Waals surface area (Å²) in [6.07, 6.45) is 1.18. The highest BCUT2D eigenvalue weighted by atomic mass is 16.4. The number of nitrogens with one attached hydrogen (secondary N) is 2. The molecule has 0 aliphatic carbocycles. The van der Waals surface area contributed by atoms with E-state index in [1.54, 1.807) is 13.8 Å². The molecule has 5 N–H and O–H groups in total. The van der Waals surface area contributed by atoms with Crippen molar-refractivity contribution in [3.63, 3.8) is 0 Å². The smallest absolute Gasteiger partial charge is 0.326 e. The first kappa shape index (κ1) is 22.4. The van der Waals surface area contributed by atoms with Crippen LogP contribution in [0.3, 0.4) is 0 Å². The topological polar surface area (TPSA) is 122 Å². The van der Waals surface area contributed by atoms with E-state index in [9.17, 15) is 19.5 Å². The number of hydrogen-bond donors (Lipinski definition) is 4. The van der Waals surface area contributed by atoms with Crippen molar-refractivity contribution in [2.45, 2.75) is 72.5 Å². The van der Waals surface area contributed by atoms with Gasteiger partial charge in [0, 0.05) is 0 Å². The minimum atomic E-state index is -1.09. The highest BCUT2D eigenvalue weighted by molar-refractivity contribution is 5.92. The summed E-state index contributed by atoms with van der Waals surface area (Å²) < 4.78 is 0. The molecule has 2 amide bonds. The molecule has 0 rings (SSSR count). The van der Waals surface area contributed by atoms with Gasteiger partial charge in [-0.25, -0.2) is 4.79 Å². The summed E-state index contributed by atoms with van der Waals surface area (Å²) in [6, 6.07) is -2.49. The summed E-state index contributed by atoms with van der Waals surface area (Å²) in [5.41, 5.74) is 5.87. The van der Waals surface area contributed by atoms with Crippen molar-refractivity contribution in [3.8, 4) is 0 Å². The lowest BCUT2D eigenvalue weighted by atomic mass is 9.96. The molecule has 0 aromatic carbocycles. The number of carbonyl (C=O) groups excluding carboxylic acids is 2. The lowest BCUT2D eigenvalue weighted by Crippen LogP contribution is -2.57. The van der Waals surface area contributed by atoms with Gasteiger partial charge in [-0.3, -0.25) is 9.59 Å². The molecule has 4 unspecified atom stereocenters. The quantitative estimate of drug-likeness (QED) is 0.473. The second kappa shape index (κ2) is 10.3. The van der Waals surface area contributed by atoms with Gasteiger partial charge in [0.05, 0.1) is 6.04 Å². The molecule has 7 nitrogen and oxygen atoms in total. The van der Waals surface area contributed by atoms with E-state index in [1.807, 2.05) is 27.7 Å². The third kappa shape index (κ3) is 7.29. The van der Waals surface area contributed by atoms with Crippen LogP contribution in [0.2, 0.25) is 0 Å². The number of nitrogens with two attached hydrogens (primary N) is 1. The average molecular weight is 343 g/mol. The molecule has 0 fully saturated rings. The van der Waals surface area contributed by atoms with Gasteiger partial charge in [-0.15, -0.1) is 0 Å². The zero-order valence-corrected chi connectivity index (χ0v) is 15.6. The van der Waals surface area contributed by atoms with Gasteiger partial charge < -0.3 is 21.5 Å². The molecule has 140 valence electrons. The Labute approximate surface area is 144 Å². The van der Waals surface area contributed by atoms with E-state index < -0.39 is 30.0 Å². The number of aliphatic carboxylic acids is 1. The van der Waals surface area contributed by atoms with Crippen LogP contribution in [0.15, 0.2) is 0 Å². The van der Waals surface area contributed by atoms with Gasteiger partial charge >= 0.3 is 5.97 Å². The molecule has 0 saturated carbocycles. The number of carbonyl (C=O) groups is 3. The van der Waals surface area contributed by atoms with Gasteiger partial charge in [-0.1, -0.05) is 48.0 Å². The summed E-state index contributed by atoms with van der Waals surface area (Å²) in [5.74, 6) is -2.11. The maximum absolute atomic E-state index is 12.5. The van der Waals surface area contributed by atoms with Crippen molar-refractivity contribution in [1.82, 2.24) is 10.6 Å². The monoisotopic (exact) mass is 343 g/mol. The maximum atomic E-state index is 12.5. The molecule has 0 heterocycles. The van der Waals surface area contributed by atoms with Crippen LogP contribution in [0, 0.1) is 17.8 Å². The van der Waals surface area contributed by atoms with Crippen LogP contribution in [0.1, 0.15) is 54.4 Å². The number of amides is 2. The Morgan fingerprint density at radius 1 is 0.958 bits per heavy atom. The zero-order chi connectivity index (χ0) is 19.0. The molecule has 7 heteroatoms. The van der Waals surface area contributed by atoms with E-state index in [4.69, 9.17) is 5.73 Å². The van der Waals surface area contributed by atoms with Crippen molar-refractivity contribution < 1.29 is 19.5 Å². The fourth-order valence-corrected chi connectivity index (χ4v) is 2.33. The predicted octanol–water partition coefficient (Wildman–Crippen LogP) is 1.12. The molecule has 0 bridgehead atoms.